The number of ketones is 1. The molecule has 0 unspecified atom stereocenters. The van der Waals surface area contributed by atoms with Crippen LogP contribution in [0.4, 0.5) is 11.4 Å². The number of carbonyl (C=O) groups is 3. The van der Waals surface area contributed by atoms with Gasteiger partial charge in [-0.15, -0.1) is 0 Å². The molecule has 184 valence electrons. The van der Waals surface area contributed by atoms with Gasteiger partial charge in [-0.2, -0.15) is 0 Å². The van der Waals surface area contributed by atoms with Gasteiger partial charge in [-0.1, -0.05) is 39.5 Å². The molecule has 0 bridgehead atoms. The van der Waals surface area contributed by atoms with Crippen molar-refractivity contribution in [3.63, 3.8) is 0 Å². The number of ether oxygens (including phenoxy) is 2. The maximum absolute atomic E-state index is 13.2. The summed E-state index contributed by atoms with van der Waals surface area (Å²) >= 11 is 0. The Morgan fingerprint density at radius 2 is 1.09 bits per heavy atom. The summed E-state index contributed by atoms with van der Waals surface area (Å²) in [5.74, 6) is -1.34. The minimum atomic E-state index is -0.519. The molecule has 0 radical (unpaired) electrons. The molecular weight excluding hydrogens is 432 g/mol. The van der Waals surface area contributed by atoms with E-state index in [2.05, 4.69) is 24.5 Å². The van der Waals surface area contributed by atoms with Crippen LogP contribution in [0.3, 0.4) is 0 Å². The number of hydrogen-bond acceptors (Lipinski definition) is 7. The monoisotopic (exact) mass is 468 g/mol. The fourth-order valence-corrected chi connectivity index (χ4v) is 3.60. The van der Waals surface area contributed by atoms with Crippen molar-refractivity contribution in [3.05, 3.63) is 58.7 Å². The molecule has 2 N–H and O–H groups in total. The predicted molar refractivity (Wildman–Crippen MR) is 135 cm³/mol. The fourth-order valence-electron chi connectivity index (χ4n) is 3.60. The van der Waals surface area contributed by atoms with E-state index in [4.69, 9.17) is 9.47 Å². The van der Waals surface area contributed by atoms with Gasteiger partial charge in [0.2, 0.25) is 0 Å². The molecule has 34 heavy (non-hydrogen) atoms. The molecule has 0 fully saturated rings. The highest BCUT2D eigenvalue weighted by atomic mass is 16.5. The number of carbonyl (C=O) groups excluding carboxylic acids is 3. The van der Waals surface area contributed by atoms with Crippen LogP contribution in [0.5, 0.6) is 0 Å². The van der Waals surface area contributed by atoms with Gasteiger partial charge in [0, 0.05) is 35.6 Å². The summed E-state index contributed by atoms with van der Waals surface area (Å²) in [6.07, 6.45) is 6.32. The van der Waals surface area contributed by atoms with Crippen LogP contribution in [0.15, 0.2) is 36.4 Å². The van der Waals surface area contributed by atoms with E-state index in [9.17, 15) is 14.4 Å². The molecule has 7 nitrogen and oxygen atoms in total. The lowest BCUT2D eigenvalue weighted by atomic mass is 9.98. The molecule has 0 aliphatic heterocycles. The molecule has 2 aromatic carbocycles. The zero-order chi connectivity index (χ0) is 24.9. The van der Waals surface area contributed by atoms with Crippen LogP contribution in [-0.2, 0) is 9.47 Å². The van der Waals surface area contributed by atoms with Crippen molar-refractivity contribution in [2.24, 2.45) is 0 Å². The number of unbranched alkanes of at least 4 members (excludes halogenated alkanes) is 4. The van der Waals surface area contributed by atoms with E-state index in [-0.39, 0.29) is 5.78 Å². The number of nitrogens with one attached hydrogen (secondary N) is 2. The van der Waals surface area contributed by atoms with Crippen LogP contribution >= 0.6 is 0 Å². The summed E-state index contributed by atoms with van der Waals surface area (Å²) in [4.78, 5) is 38.0. The molecule has 2 rings (SSSR count). The van der Waals surface area contributed by atoms with Crippen LogP contribution in [0.1, 0.15) is 89.0 Å². The van der Waals surface area contributed by atoms with Crippen molar-refractivity contribution in [3.8, 4) is 0 Å². The first-order valence-corrected chi connectivity index (χ1v) is 11.9. The lowest BCUT2D eigenvalue weighted by molar-refractivity contribution is 0.0593. The summed E-state index contributed by atoms with van der Waals surface area (Å²) in [7, 11) is 2.62. The number of hydrogen-bond donors (Lipinski definition) is 2. The van der Waals surface area contributed by atoms with E-state index >= 15 is 0 Å². The third-order valence-corrected chi connectivity index (χ3v) is 5.57. The van der Waals surface area contributed by atoms with Crippen LogP contribution in [0, 0.1) is 0 Å². The van der Waals surface area contributed by atoms with Crippen molar-refractivity contribution in [1.82, 2.24) is 0 Å². The number of anilines is 2. The largest absolute Gasteiger partial charge is 0.465 e. The Bertz CT molecular complexity index is 909. The van der Waals surface area contributed by atoms with Crippen LogP contribution in [0.25, 0.3) is 0 Å². The highest BCUT2D eigenvalue weighted by Gasteiger charge is 2.20. The second kappa shape index (κ2) is 14.0. The van der Waals surface area contributed by atoms with E-state index in [0.29, 0.717) is 33.6 Å². The lowest BCUT2D eigenvalue weighted by Crippen LogP contribution is -2.13. The van der Waals surface area contributed by atoms with Crippen molar-refractivity contribution in [2.45, 2.75) is 52.4 Å². The lowest BCUT2D eigenvalue weighted by Gasteiger charge is -2.14. The molecule has 0 spiro atoms. The third-order valence-electron chi connectivity index (χ3n) is 5.57. The molecule has 0 aromatic heterocycles. The molecule has 0 heterocycles. The second-order valence-corrected chi connectivity index (χ2v) is 8.10. The van der Waals surface area contributed by atoms with E-state index in [0.717, 1.165) is 51.6 Å². The summed E-state index contributed by atoms with van der Waals surface area (Å²) in [6, 6.07) is 9.85. The van der Waals surface area contributed by atoms with Gasteiger partial charge < -0.3 is 20.1 Å². The molecule has 2 aromatic rings. The first kappa shape index (κ1) is 26.9. The van der Waals surface area contributed by atoms with Crippen LogP contribution in [-0.4, -0.2) is 45.0 Å². The van der Waals surface area contributed by atoms with Gasteiger partial charge in [-0.05, 0) is 49.2 Å². The fraction of sp³-hybridized carbons (Fsp3) is 0.444. The van der Waals surface area contributed by atoms with Crippen molar-refractivity contribution in [1.29, 1.82) is 0 Å². The van der Waals surface area contributed by atoms with Crippen LogP contribution in [0.2, 0.25) is 0 Å². The van der Waals surface area contributed by atoms with Gasteiger partial charge in [0.05, 0.1) is 25.3 Å². The Labute approximate surface area is 202 Å². The quantitative estimate of drug-likeness (QED) is 0.209. The average molecular weight is 469 g/mol. The zero-order valence-corrected chi connectivity index (χ0v) is 20.7. The topological polar surface area (TPSA) is 93.7 Å². The molecule has 0 saturated carbocycles. The maximum Gasteiger partial charge on any atom is 0.339 e. The molecule has 0 atom stereocenters. The molecular formula is C27H36N2O5. The van der Waals surface area contributed by atoms with Crippen molar-refractivity contribution in [2.75, 3.05) is 37.9 Å². The molecule has 0 aliphatic carbocycles. The first-order valence-electron chi connectivity index (χ1n) is 11.9. The molecule has 0 aliphatic rings. The Balaban J connectivity index is 2.32. The van der Waals surface area contributed by atoms with Gasteiger partial charge in [0.25, 0.3) is 0 Å². The third kappa shape index (κ3) is 7.33. The average Bonchev–Trinajstić information content (AvgIpc) is 2.87. The molecule has 7 heteroatoms. The Hall–Kier alpha value is -3.35. The van der Waals surface area contributed by atoms with Crippen molar-refractivity contribution < 1.29 is 23.9 Å². The van der Waals surface area contributed by atoms with E-state index < -0.39 is 11.9 Å². The van der Waals surface area contributed by atoms with E-state index in [1.54, 1.807) is 24.3 Å². The number of rotatable bonds is 14. The normalized spacial score (nSPS) is 10.5. The summed E-state index contributed by atoms with van der Waals surface area (Å²) < 4.78 is 9.84. The Kier molecular flexibility index (Phi) is 11.1. The summed E-state index contributed by atoms with van der Waals surface area (Å²) in [6.45, 7) is 5.70. The summed E-state index contributed by atoms with van der Waals surface area (Å²) in [5, 5.41) is 6.51. The van der Waals surface area contributed by atoms with Gasteiger partial charge in [-0.25, -0.2) is 9.59 Å². The molecule has 0 amide bonds. The highest BCUT2D eigenvalue weighted by molar-refractivity contribution is 6.12. The second-order valence-electron chi connectivity index (χ2n) is 8.10. The Morgan fingerprint density at radius 1 is 0.676 bits per heavy atom. The number of benzene rings is 2. The maximum atomic E-state index is 13.2. The standard InChI is InChI=1S/C27H36N2O5/c1-5-7-9-15-28-23-13-11-19(17-21(23)26(31)33-3)25(30)20-12-14-24(29-16-10-8-6-2)22(18-20)27(32)34-4/h11-14,17-18,28-29H,5-10,15-16H2,1-4H3. The molecule has 0 saturated heterocycles. The van der Waals surface area contributed by atoms with Crippen molar-refractivity contribution >= 4 is 29.1 Å². The number of esters is 2. The minimum absolute atomic E-state index is 0.298. The van der Waals surface area contributed by atoms with Crippen LogP contribution < -0.4 is 10.6 Å². The van der Waals surface area contributed by atoms with Gasteiger partial charge in [0.1, 0.15) is 0 Å². The zero-order valence-electron chi connectivity index (χ0n) is 20.7. The van der Waals surface area contributed by atoms with Gasteiger partial charge >= 0.3 is 11.9 Å². The Morgan fingerprint density at radius 3 is 1.44 bits per heavy atom. The summed E-state index contributed by atoms with van der Waals surface area (Å²) in [5.41, 5.74) is 2.51. The first-order chi connectivity index (χ1) is 16.5. The smallest absolute Gasteiger partial charge is 0.339 e. The van der Waals surface area contributed by atoms with Gasteiger partial charge in [0.15, 0.2) is 5.78 Å². The minimum Gasteiger partial charge on any atom is -0.465 e. The SMILES string of the molecule is CCCCCNc1ccc(C(=O)c2ccc(NCCCCC)c(C(=O)OC)c2)cc1C(=O)OC. The van der Waals surface area contributed by atoms with Gasteiger partial charge in [-0.3, -0.25) is 4.79 Å². The van der Waals surface area contributed by atoms with E-state index in [1.807, 2.05) is 0 Å². The predicted octanol–water partition coefficient (Wildman–Crippen LogP) is 5.70. The highest BCUT2D eigenvalue weighted by Crippen LogP contribution is 2.24. The van der Waals surface area contributed by atoms with E-state index in [1.165, 1.54) is 26.4 Å². The number of methoxy groups -OCH3 is 2.